The second kappa shape index (κ2) is 9.63. The molecule has 1 saturated carbocycles. The summed E-state index contributed by atoms with van der Waals surface area (Å²) in [5, 5.41) is 0. The monoisotopic (exact) mass is 443 g/mol. The molecule has 3 unspecified atom stereocenters. The van der Waals surface area contributed by atoms with Crippen molar-refractivity contribution >= 4 is 0 Å². The van der Waals surface area contributed by atoms with Crippen LogP contribution < -0.4 is 0 Å². The largest absolute Gasteiger partial charge is 0.393 e. The molecule has 3 rings (SSSR count). The van der Waals surface area contributed by atoms with Gasteiger partial charge in [-0.15, -0.1) is 0 Å². The van der Waals surface area contributed by atoms with Crippen LogP contribution in [0.1, 0.15) is 42.4 Å². The molecule has 2 aromatic rings. The topological polar surface area (TPSA) is 3.24 Å². The molecule has 1 nitrogen and oxygen atoms in total. The zero-order valence-corrected chi connectivity index (χ0v) is 17.4. The van der Waals surface area contributed by atoms with Gasteiger partial charge in [-0.25, -0.2) is 0 Å². The van der Waals surface area contributed by atoms with Crippen molar-refractivity contribution in [2.45, 2.75) is 51.0 Å². The van der Waals surface area contributed by atoms with E-state index in [2.05, 4.69) is 24.0 Å². The van der Waals surface area contributed by atoms with Crippen LogP contribution in [0.15, 0.2) is 54.6 Å². The SMILES string of the molecule is CCN(CCCc1ccc(C2CC(C(F)(F)F)C2C(F)(F)F)cc1)Cc1ccccc1. The highest BCUT2D eigenvalue weighted by Gasteiger charge is 2.64. The summed E-state index contributed by atoms with van der Waals surface area (Å²) in [6.45, 7) is 4.76. The van der Waals surface area contributed by atoms with Gasteiger partial charge < -0.3 is 0 Å². The molecular weight excluding hydrogens is 416 g/mol. The maximum Gasteiger partial charge on any atom is 0.393 e. The minimum absolute atomic E-state index is 0.339. The van der Waals surface area contributed by atoms with Gasteiger partial charge >= 0.3 is 12.4 Å². The van der Waals surface area contributed by atoms with E-state index in [-0.39, 0.29) is 0 Å². The molecule has 31 heavy (non-hydrogen) atoms. The first-order valence-electron chi connectivity index (χ1n) is 10.6. The van der Waals surface area contributed by atoms with E-state index in [4.69, 9.17) is 0 Å². The zero-order valence-electron chi connectivity index (χ0n) is 17.4. The number of nitrogens with zero attached hydrogens (tertiary/aromatic N) is 1. The van der Waals surface area contributed by atoms with E-state index in [9.17, 15) is 26.3 Å². The van der Waals surface area contributed by atoms with E-state index >= 15 is 0 Å². The fraction of sp³-hybridized carbons (Fsp3) is 0.500. The van der Waals surface area contributed by atoms with Gasteiger partial charge in [0.25, 0.3) is 0 Å². The lowest BCUT2D eigenvalue weighted by molar-refractivity contribution is -0.292. The second-order valence-corrected chi connectivity index (χ2v) is 8.26. The number of halogens is 6. The molecule has 1 aliphatic carbocycles. The Balaban J connectivity index is 1.54. The fourth-order valence-corrected chi connectivity index (χ4v) is 4.42. The van der Waals surface area contributed by atoms with Gasteiger partial charge in [0.2, 0.25) is 0 Å². The van der Waals surface area contributed by atoms with Gasteiger partial charge in [-0.05, 0) is 55.0 Å². The lowest BCUT2D eigenvalue weighted by atomic mass is 9.61. The molecule has 0 aliphatic heterocycles. The number of aryl methyl sites for hydroxylation is 1. The summed E-state index contributed by atoms with van der Waals surface area (Å²) < 4.78 is 78.4. The third-order valence-electron chi connectivity index (χ3n) is 6.22. The van der Waals surface area contributed by atoms with Crippen molar-refractivity contribution in [3.05, 3.63) is 71.3 Å². The van der Waals surface area contributed by atoms with Crippen LogP contribution in [0.2, 0.25) is 0 Å². The Kier molecular flexibility index (Phi) is 7.35. The molecule has 0 spiro atoms. The maximum absolute atomic E-state index is 13.2. The average Bonchev–Trinajstić information content (AvgIpc) is 2.66. The molecule has 1 fully saturated rings. The number of hydrogen-bond acceptors (Lipinski definition) is 1. The summed E-state index contributed by atoms with van der Waals surface area (Å²) >= 11 is 0. The third-order valence-corrected chi connectivity index (χ3v) is 6.22. The summed E-state index contributed by atoms with van der Waals surface area (Å²) in [5.41, 5.74) is 2.56. The van der Waals surface area contributed by atoms with Crippen molar-refractivity contribution in [3.8, 4) is 0 Å². The number of hydrogen-bond donors (Lipinski definition) is 0. The first-order chi connectivity index (χ1) is 14.6. The number of benzene rings is 2. The summed E-state index contributed by atoms with van der Waals surface area (Å²) in [7, 11) is 0. The molecule has 0 aromatic heterocycles. The Hall–Kier alpha value is -2.02. The van der Waals surface area contributed by atoms with Crippen LogP contribution in [-0.2, 0) is 13.0 Å². The van der Waals surface area contributed by atoms with Crippen molar-refractivity contribution in [2.24, 2.45) is 11.8 Å². The summed E-state index contributed by atoms with van der Waals surface area (Å²) in [4.78, 5) is 2.32. The van der Waals surface area contributed by atoms with Crippen LogP contribution in [0.5, 0.6) is 0 Å². The molecule has 0 bridgehead atoms. The highest BCUT2D eigenvalue weighted by atomic mass is 19.4. The molecule has 2 aromatic carbocycles. The van der Waals surface area contributed by atoms with E-state index in [1.165, 1.54) is 5.56 Å². The van der Waals surface area contributed by atoms with Gasteiger partial charge in [0.15, 0.2) is 0 Å². The van der Waals surface area contributed by atoms with Crippen LogP contribution in [0.4, 0.5) is 26.3 Å². The Morgan fingerprint density at radius 2 is 1.48 bits per heavy atom. The van der Waals surface area contributed by atoms with Gasteiger partial charge in [-0.1, -0.05) is 61.5 Å². The van der Waals surface area contributed by atoms with Crippen molar-refractivity contribution < 1.29 is 26.3 Å². The van der Waals surface area contributed by atoms with Gasteiger partial charge in [0.1, 0.15) is 0 Å². The smallest absolute Gasteiger partial charge is 0.299 e. The predicted molar refractivity (Wildman–Crippen MR) is 109 cm³/mol. The molecule has 3 atom stereocenters. The first kappa shape index (κ1) is 23.6. The molecule has 1 aliphatic rings. The Morgan fingerprint density at radius 3 is 2.03 bits per heavy atom. The maximum atomic E-state index is 13.2. The third kappa shape index (κ3) is 6.03. The number of alkyl halides is 6. The first-order valence-corrected chi connectivity index (χ1v) is 10.6. The Labute approximate surface area is 179 Å². The molecule has 0 amide bonds. The predicted octanol–water partition coefficient (Wildman–Crippen LogP) is 6.99. The minimum Gasteiger partial charge on any atom is -0.299 e. The summed E-state index contributed by atoms with van der Waals surface area (Å²) in [6, 6.07) is 16.8. The Bertz CT molecular complexity index is 813. The van der Waals surface area contributed by atoms with E-state index in [1.807, 2.05) is 18.2 Å². The van der Waals surface area contributed by atoms with Crippen LogP contribution >= 0.6 is 0 Å². The van der Waals surface area contributed by atoms with Crippen LogP contribution in [-0.4, -0.2) is 30.3 Å². The lowest BCUT2D eigenvalue weighted by Gasteiger charge is -2.46. The van der Waals surface area contributed by atoms with Crippen LogP contribution in [0.3, 0.4) is 0 Å². The average molecular weight is 443 g/mol. The van der Waals surface area contributed by atoms with E-state index in [1.54, 1.807) is 24.3 Å². The van der Waals surface area contributed by atoms with Crippen molar-refractivity contribution in [1.82, 2.24) is 4.90 Å². The van der Waals surface area contributed by atoms with Gasteiger partial charge in [-0.2, -0.15) is 26.3 Å². The van der Waals surface area contributed by atoms with Gasteiger partial charge in [-0.3, -0.25) is 4.90 Å². The lowest BCUT2D eigenvalue weighted by Crippen LogP contribution is -2.51. The summed E-state index contributed by atoms with van der Waals surface area (Å²) in [6.07, 6.45) is -8.52. The quantitative estimate of drug-likeness (QED) is 0.398. The van der Waals surface area contributed by atoms with Crippen molar-refractivity contribution in [2.75, 3.05) is 13.1 Å². The minimum atomic E-state index is -4.86. The standard InChI is InChI=1S/C24H27F6N/c1-2-31(16-18-7-4-3-5-8-18)14-6-9-17-10-12-19(13-11-17)20-15-21(23(25,26)27)22(20)24(28,29)30/h3-5,7-8,10-13,20-22H,2,6,9,14-16H2,1H3. The highest BCUT2D eigenvalue weighted by Crippen LogP contribution is 2.59. The van der Waals surface area contributed by atoms with Crippen molar-refractivity contribution in [3.63, 3.8) is 0 Å². The van der Waals surface area contributed by atoms with Gasteiger partial charge in [0.05, 0.1) is 11.8 Å². The Morgan fingerprint density at radius 1 is 0.839 bits per heavy atom. The molecule has 0 saturated heterocycles. The second-order valence-electron chi connectivity index (χ2n) is 8.26. The van der Waals surface area contributed by atoms with Crippen LogP contribution in [0, 0.1) is 11.8 Å². The summed E-state index contributed by atoms with van der Waals surface area (Å²) in [5.74, 6) is -5.78. The highest BCUT2D eigenvalue weighted by molar-refractivity contribution is 5.29. The number of rotatable bonds is 8. The fourth-order valence-electron chi connectivity index (χ4n) is 4.42. The van der Waals surface area contributed by atoms with Crippen LogP contribution in [0.25, 0.3) is 0 Å². The normalized spacial score (nSPS) is 21.9. The molecule has 170 valence electrons. The molecule has 7 heteroatoms. The van der Waals surface area contributed by atoms with Crippen molar-refractivity contribution in [1.29, 1.82) is 0 Å². The van der Waals surface area contributed by atoms with Gasteiger partial charge in [0, 0.05) is 6.54 Å². The van der Waals surface area contributed by atoms with E-state index < -0.39 is 36.5 Å². The molecule has 0 heterocycles. The zero-order chi connectivity index (χ0) is 22.6. The molecule has 0 N–H and O–H groups in total. The molecular formula is C24H27F6N. The van der Waals surface area contributed by atoms with E-state index in [0.717, 1.165) is 38.0 Å². The molecule has 0 radical (unpaired) electrons. The van der Waals surface area contributed by atoms with E-state index in [0.29, 0.717) is 5.56 Å².